The molecule has 1 heterocycles. The highest BCUT2D eigenvalue weighted by Crippen LogP contribution is 2.23. The summed E-state index contributed by atoms with van der Waals surface area (Å²) >= 11 is 0. The Kier molecular flexibility index (Phi) is 6.08. The van der Waals surface area contributed by atoms with Crippen LogP contribution in [0.25, 0.3) is 0 Å². The van der Waals surface area contributed by atoms with E-state index in [4.69, 9.17) is 14.6 Å². The van der Waals surface area contributed by atoms with Gasteiger partial charge in [0.2, 0.25) is 0 Å². The van der Waals surface area contributed by atoms with Crippen molar-refractivity contribution in [2.24, 2.45) is 0 Å². The van der Waals surface area contributed by atoms with Gasteiger partial charge in [-0.15, -0.1) is 0 Å². The molecule has 0 amide bonds. The Hall–Kier alpha value is -0.900. The van der Waals surface area contributed by atoms with Gasteiger partial charge in [-0.1, -0.05) is 38.1 Å². The Morgan fingerprint density at radius 2 is 1.69 bits per heavy atom. The van der Waals surface area contributed by atoms with Crippen molar-refractivity contribution in [1.29, 1.82) is 0 Å². The summed E-state index contributed by atoms with van der Waals surface area (Å²) in [6.45, 7) is 5.53. The highest BCUT2D eigenvalue weighted by atomic mass is 16.7. The van der Waals surface area contributed by atoms with Crippen molar-refractivity contribution < 1.29 is 14.6 Å². The molecule has 0 aliphatic carbocycles. The number of ether oxygens (including phenoxy) is 2. The maximum atomic E-state index is 8.75. The van der Waals surface area contributed by atoms with Crippen molar-refractivity contribution >= 4 is 0 Å². The summed E-state index contributed by atoms with van der Waals surface area (Å²) in [6, 6.07) is 7.97. The van der Waals surface area contributed by atoms with E-state index >= 15 is 0 Å². The molecule has 1 aliphatic heterocycles. The largest absolute Gasteiger partial charge is 0.396 e. The maximum absolute atomic E-state index is 8.75. The van der Waals surface area contributed by atoms with Crippen LogP contribution in [0.2, 0.25) is 0 Å². The predicted octanol–water partition coefficient (Wildman–Crippen LogP) is 2.29. The summed E-state index contributed by atoms with van der Waals surface area (Å²) < 4.78 is 10.7. The van der Waals surface area contributed by atoms with Crippen LogP contribution < -0.4 is 0 Å². The molecule has 1 N–H and O–H groups in total. The standard InChI is InChI=1S/C11H14O3.C2H6/c12-6-5-9-1-3-10(4-2-9)11-13-7-8-14-11;1-2/h1-4,11-12H,5-8H2;1-2H3. The normalized spacial score (nSPS) is 15.7. The van der Waals surface area contributed by atoms with Crippen LogP contribution in [0.4, 0.5) is 0 Å². The molecule has 0 radical (unpaired) electrons. The molecule has 16 heavy (non-hydrogen) atoms. The third-order valence-electron chi connectivity index (χ3n) is 2.27. The second kappa shape index (κ2) is 7.39. The smallest absolute Gasteiger partial charge is 0.184 e. The topological polar surface area (TPSA) is 38.7 Å². The van der Waals surface area contributed by atoms with E-state index in [0.717, 1.165) is 11.1 Å². The van der Waals surface area contributed by atoms with Gasteiger partial charge in [-0.25, -0.2) is 0 Å². The molecule has 1 aliphatic rings. The molecule has 1 saturated heterocycles. The second-order valence-electron chi connectivity index (χ2n) is 3.29. The first-order valence-corrected chi connectivity index (χ1v) is 5.83. The van der Waals surface area contributed by atoms with E-state index in [1.54, 1.807) is 0 Å². The molecule has 1 aromatic rings. The lowest BCUT2D eigenvalue weighted by atomic mass is 10.1. The number of rotatable bonds is 3. The van der Waals surface area contributed by atoms with Crippen LogP contribution >= 0.6 is 0 Å². The lowest BCUT2D eigenvalue weighted by Crippen LogP contribution is -1.98. The van der Waals surface area contributed by atoms with E-state index in [9.17, 15) is 0 Å². The summed E-state index contributed by atoms with van der Waals surface area (Å²) in [5, 5.41) is 8.75. The fraction of sp³-hybridized carbons (Fsp3) is 0.538. The van der Waals surface area contributed by atoms with E-state index in [1.165, 1.54) is 0 Å². The SMILES string of the molecule is CC.OCCc1ccc(C2OCCO2)cc1. The lowest BCUT2D eigenvalue weighted by Gasteiger charge is -2.09. The molecule has 3 heteroatoms. The Labute approximate surface area is 97.0 Å². The second-order valence-corrected chi connectivity index (χ2v) is 3.29. The third kappa shape index (κ3) is 3.59. The summed E-state index contributed by atoms with van der Waals surface area (Å²) in [5.41, 5.74) is 2.18. The first kappa shape index (κ1) is 13.2. The molecule has 0 atom stereocenters. The van der Waals surface area contributed by atoms with Gasteiger partial charge in [0.15, 0.2) is 6.29 Å². The molecule has 0 saturated carbocycles. The summed E-state index contributed by atoms with van der Waals surface area (Å²) in [4.78, 5) is 0. The molecule has 2 rings (SSSR count). The summed E-state index contributed by atoms with van der Waals surface area (Å²) in [5.74, 6) is 0. The van der Waals surface area contributed by atoms with Crippen molar-refractivity contribution in [3.63, 3.8) is 0 Å². The number of benzene rings is 1. The number of hydrogen-bond donors (Lipinski definition) is 1. The minimum atomic E-state index is -0.196. The van der Waals surface area contributed by atoms with Gasteiger partial charge < -0.3 is 14.6 Å². The van der Waals surface area contributed by atoms with Gasteiger partial charge in [0.05, 0.1) is 13.2 Å². The fourth-order valence-electron chi connectivity index (χ4n) is 1.52. The van der Waals surface area contributed by atoms with Crippen LogP contribution in [0.3, 0.4) is 0 Å². The van der Waals surface area contributed by atoms with Gasteiger partial charge in [-0.05, 0) is 12.0 Å². The zero-order valence-electron chi connectivity index (χ0n) is 9.98. The van der Waals surface area contributed by atoms with Crippen LogP contribution in [0.1, 0.15) is 31.3 Å². The molecule has 0 spiro atoms. The summed E-state index contributed by atoms with van der Waals surface area (Å²) in [7, 11) is 0. The molecule has 0 aromatic heterocycles. The maximum Gasteiger partial charge on any atom is 0.184 e. The number of hydrogen-bond acceptors (Lipinski definition) is 3. The molecule has 0 bridgehead atoms. The van der Waals surface area contributed by atoms with E-state index < -0.39 is 0 Å². The van der Waals surface area contributed by atoms with Gasteiger partial charge >= 0.3 is 0 Å². The van der Waals surface area contributed by atoms with Crippen molar-refractivity contribution in [2.45, 2.75) is 26.6 Å². The van der Waals surface area contributed by atoms with E-state index in [0.29, 0.717) is 19.6 Å². The minimum absolute atomic E-state index is 0.190. The summed E-state index contributed by atoms with van der Waals surface area (Å²) in [6.07, 6.45) is 0.505. The van der Waals surface area contributed by atoms with E-state index in [2.05, 4.69) is 0 Å². The van der Waals surface area contributed by atoms with Crippen molar-refractivity contribution in [1.82, 2.24) is 0 Å². The van der Waals surface area contributed by atoms with E-state index in [-0.39, 0.29) is 12.9 Å². The monoisotopic (exact) mass is 224 g/mol. The highest BCUT2D eigenvalue weighted by Gasteiger charge is 2.17. The highest BCUT2D eigenvalue weighted by molar-refractivity contribution is 5.23. The first-order chi connectivity index (χ1) is 7.90. The Balaban J connectivity index is 0.000000606. The molecular weight excluding hydrogens is 204 g/mol. The van der Waals surface area contributed by atoms with Crippen LogP contribution in [-0.4, -0.2) is 24.9 Å². The average Bonchev–Trinajstić information content (AvgIpc) is 2.87. The van der Waals surface area contributed by atoms with Crippen molar-refractivity contribution in [2.75, 3.05) is 19.8 Å². The lowest BCUT2D eigenvalue weighted by molar-refractivity contribution is -0.0441. The Morgan fingerprint density at radius 3 is 2.19 bits per heavy atom. The quantitative estimate of drug-likeness (QED) is 0.856. The zero-order chi connectivity index (χ0) is 11.8. The van der Waals surface area contributed by atoms with Crippen LogP contribution in [0.15, 0.2) is 24.3 Å². The van der Waals surface area contributed by atoms with E-state index in [1.807, 2.05) is 38.1 Å². The molecule has 0 unspecified atom stereocenters. The first-order valence-electron chi connectivity index (χ1n) is 5.83. The van der Waals surface area contributed by atoms with Gasteiger partial charge in [0.25, 0.3) is 0 Å². The molecule has 3 nitrogen and oxygen atoms in total. The zero-order valence-corrected chi connectivity index (χ0v) is 9.98. The third-order valence-corrected chi connectivity index (χ3v) is 2.27. The minimum Gasteiger partial charge on any atom is -0.396 e. The number of aliphatic hydroxyl groups excluding tert-OH is 1. The van der Waals surface area contributed by atoms with Crippen LogP contribution in [-0.2, 0) is 15.9 Å². The molecule has 1 aromatic carbocycles. The van der Waals surface area contributed by atoms with Crippen molar-refractivity contribution in [3.8, 4) is 0 Å². The molecule has 90 valence electrons. The van der Waals surface area contributed by atoms with Crippen molar-refractivity contribution in [3.05, 3.63) is 35.4 Å². The predicted molar refractivity (Wildman–Crippen MR) is 63.2 cm³/mol. The van der Waals surface area contributed by atoms with Gasteiger partial charge in [-0.2, -0.15) is 0 Å². The van der Waals surface area contributed by atoms with Gasteiger partial charge in [-0.3, -0.25) is 0 Å². The Bertz CT molecular complexity index is 276. The average molecular weight is 224 g/mol. The van der Waals surface area contributed by atoms with Crippen LogP contribution in [0.5, 0.6) is 0 Å². The van der Waals surface area contributed by atoms with Gasteiger partial charge in [0.1, 0.15) is 0 Å². The molecule has 1 fully saturated rings. The Morgan fingerprint density at radius 1 is 1.12 bits per heavy atom. The molecular formula is C13H20O3. The van der Waals surface area contributed by atoms with Crippen LogP contribution in [0, 0.1) is 0 Å². The van der Waals surface area contributed by atoms with Gasteiger partial charge in [0, 0.05) is 12.2 Å². The number of aliphatic hydroxyl groups is 1. The fourth-order valence-corrected chi connectivity index (χ4v) is 1.52.